The van der Waals surface area contributed by atoms with Crippen molar-refractivity contribution in [1.82, 2.24) is 9.97 Å². The van der Waals surface area contributed by atoms with Crippen molar-refractivity contribution in [2.75, 3.05) is 12.8 Å². The number of hydrogen-bond acceptors (Lipinski definition) is 5. The Morgan fingerprint density at radius 1 is 1.33 bits per heavy atom. The SMILES string of the molecule is COc1cccc(Oc2nc[nH]c(=O)c2N)c1.Cl. The summed E-state index contributed by atoms with van der Waals surface area (Å²) in [5, 5.41) is 0. The summed E-state index contributed by atoms with van der Waals surface area (Å²) >= 11 is 0. The Labute approximate surface area is 109 Å². The molecule has 0 saturated carbocycles. The first kappa shape index (κ1) is 13.9. The number of nitrogens with two attached hydrogens (primary N) is 1. The number of anilines is 1. The molecule has 1 aromatic carbocycles. The largest absolute Gasteiger partial charge is 0.497 e. The molecule has 0 radical (unpaired) electrons. The van der Waals surface area contributed by atoms with Crippen molar-refractivity contribution in [3.8, 4) is 17.4 Å². The molecular formula is C11H12ClN3O3. The standard InChI is InChI=1S/C11H11N3O3.ClH/c1-16-7-3-2-4-8(5-7)17-11-9(12)10(15)13-6-14-11;/h2-6H,12H2,1H3,(H,13,14,15);1H. The lowest BCUT2D eigenvalue weighted by atomic mass is 10.3. The number of nitrogen functional groups attached to an aromatic ring is 1. The number of hydrogen-bond donors (Lipinski definition) is 2. The summed E-state index contributed by atoms with van der Waals surface area (Å²) < 4.78 is 10.4. The fourth-order valence-electron chi connectivity index (χ4n) is 1.25. The van der Waals surface area contributed by atoms with Gasteiger partial charge >= 0.3 is 0 Å². The minimum atomic E-state index is -0.433. The molecule has 0 bridgehead atoms. The molecule has 0 aliphatic rings. The van der Waals surface area contributed by atoms with E-state index in [1.54, 1.807) is 31.4 Å². The number of halogens is 1. The highest BCUT2D eigenvalue weighted by Gasteiger charge is 2.07. The van der Waals surface area contributed by atoms with Gasteiger partial charge in [-0.3, -0.25) is 4.79 Å². The zero-order valence-electron chi connectivity index (χ0n) is 9.54. The average Bonchev–Trinajstić information content (AvgIpc) is 2.35. The summed E-state index contributed by atoms with van der Waals surface area (Å²) in [6.45, 7) is 0. The van der Waals surface area contributed by atoms with Gasteiger partial charge in [0.1, 0.15) is 11.5 Å². The van der Waals surface area contributed by atoms with Crippen LogP contribution in [0.5, 0.6) is 17.4 Å². The van der Waals surface area contributed by atoms with Crippen LogP contribution >= 0.6 is 12.4 Å². The van der Waals surface area contributed by atoms with E-state index in [4.69, 9.17) is 15.2 Å². The van der Waals surface area contributed by atoms with Crippen LogP contribution in [0.25, 0.3) is 0 Å². The third-order valence-corrected chi connectivity index (χ3v) is 2.11. The molecule has 2 rings (SSSR count). The quantitative estimate of drug-likeness (QED) is 0.883. The Bertz CT molecular complexity index is 586. The molecule has 0 spiro atoms. The lowest BCUT2D eigenvalue weighted by Crippen LogP contribution is -2.13. The smallest absolute Gasteiger partial charge is 0.277 e. The Kier molecular flexibility index (Phi) is 4.56. The molecule has 96 valence electrons. The molecule has 0 aliphatic heterocycles. The number of nitrogens with one attached hydrogen (secondary N) is 1. The zero-order valence-corrected chi connectivity index (χ0v) is 10.4. The second kappa shape index (κ2) is 5.92. The van der Waals surface area contributed by atoms with E-state index in [0.29, 0.717) is 11.5 Å². The van der Waals surface area contributed by atoms with Gasteiger partial charge in [-0.2, -0.15) is 0 Å². The van der Waals surface area contributed by atoms with Gasteiger partial charge in [0, 0.05) is 6.07 Å². The highest BCUT2D eigenvalue weighted by atomic mass is 35.5. The highest BCUT2D eigenvalue weighted by Crippen LogP contribution is 2.25. The summed E-state index contributed by atoms with van der Waals surface area (Å²) in [7, 11) is 1.55. The maximum atomic E-state index is 11.2. The Morgan fingerprint density at radius 2 is 2.06 bits per heavy atom. The molecule has 6 nitrogen and oxygen atoms in total. The Morgan fingerprint density at radius 3 is 2.78 bits per heavy atom. The predicted octanol–water partition coefficient (Wildman–Crippen LogP) is 1.57. The van der Waals surface area contributed by atoms with Crippen molar-refractivity contribution < 1.29 is 9.47 Å². The van der Waals surface area contributed by atoms with Gasteiger partial charge in [-0.05, 0) is 12.1 Å². The van der Waals surface area contributed by atoms with Gasteiger partial charge in [0.05, 0.1) is 13.4 Å². The highest BCUT2D eigenvalue weighted by molar-refractivity contribution is 5.85. The van der Waals surface area contributed by atoms with Gasteiger partial charge in [-0.25, -0.2) is 4.98 Å². The number of aromatic nitrogens is 2. The predicted molar refractivity (Wildman–Crippen MR) is 69.6 cm³/mol. The normalized spacial score (nSPS) is 9.39. The minimum Gasteiger partial charge on any atom is -0.497 e. The number of H-pyrrole nitrogens is 1. The Balaban J connectivity index is 0.00000162. The first-order valence-electron chi connectivity index (χ1n) is 4.86. The zero-order chi connectivity index (χ0) is 12.3. The summed E-state index contributed by atoms with van der Waals surface area (Å²) in [5.74, 6) is 1.21. The summed E-state index contributed by atoms with van der Waals surface area (Å²) in [6.07, 6.45) is 1.23. The monoisotopic (exact) mass is 269 g/mol. The van der Waals surface area contributed by atoms with Crippen molar-refractivity contribution in [3.05, 3.63) is 40.9 Å². The number of nitrogens with zero attached hydrogens (tertiary/aromatic N) is 1. The first-order valence-corrected chi connectivity index (χ1v) is 4.86. The molecule has 2 aromatic rings. The van der Waals surface area contributed by atoms with Crippen LogP contribution < -0.4 is 20.8 Å². The maximum absolute atomic E-state index is 11.2. The summed E-state index contributed by atoms with van der Waals surface area (Å²) in [5.41, 5.74) is 5.05. The molecule has 18 heavy (non-hydrogen) atoms. The van der Waals surface area contributed by atoms with Crippen molar-refractivity contribution in [2.24, 2.45) is 0 Å². The lowest BCUT2D eigenvalue weighted by molar-refractivity contribution is 0.407. The van der Waals surface area contributed by atoms with Crippen LogP contribution in [0, 0.1) is 0 Å². The topological polar surface area (TPSA) is 90.2 Å². The molecule has 0 fully saturated rings. The van der Waals surface area contributed by atoms with Gasteiger partial charge in [0.2, 0.25) is 5.88 Å². The molecule has 3 N–H and O–H groups in total. The van der Waals surface area contributed by atoms with Crippen LogP contribution in [0.2, 0.25) is 0 Å². The lowest BCUT2D eigenvalue weighted by Gasteiger charge is -2.07. The van der Waals surface area contributed by atoms with Crippen LogP contribution in [0.4, 0.5) is 5.69 Å². The summed E-state index contributed by atoms with van der Waals surface area (Å²) in [6, 6.07) is 6.92. The van der Waals surface area contributed by atoms with Gasteiger partial charge in [-0.15, -0.1) is 12.4 Å². The van der Waals surface area contributed by atoms with Crippen molar-refractivity contribution in [2.45, 2.75) is 0 Å². The molecule has 0 amide bonds. The number of aromatic amines is 1. The van der Waals surface area contributed by atoms with Gasteiger partial charge < -0.3 is 20.2 Å². The van der Waals surface area contributed by atoms with Crippen molar-refractivity contribution >= 4 is 18.1 Å². The van der Waals surface area contributed by atoms with E-state index in [0.717, 1.165) is 0 Å². The van der Waals surface area contributed by atoms with E-state index in [2.05, 4.69) is 9.97 Å². The number of methoxy groups -OCH3 is 1. The average molecular weight is 270 g/mol. The fourth-order valence-corrected chi connectivity index (χ4v) is 1.25. The van der Waals surface area contributed by atoms with Gasteiger partial charge in [0.25, 0.3) is 5.56 Å². The number of ether oxygens (including phenoxy) is 2. The van der Waals surface area contributed by atoms with E-state index in [1.807, 2.05) is 0 Å². The van der Waals surface area contributed by atoms with Gasteiger partial charge in [-0.1, -0.05) is 6.07 Å². The van der Waals surface area contributed by atoms with Crippen LogP contribution in [-0.2, 0) is 0 Å². The molecule has 7 heteroatoms. The Hall–Kier alpha value is -2.21. The second-order valence-electron chi connectivity index (χ2n) is 3.23. The van der Waals surface area contributed by atoms with Gasteiger partial charge in [0.15, 0.2) is 5.69 Å². The molecule has 0 unspecified atom stereocenters. The van der Waals surface area contributed by atoms with E-state index in [-0.39, 0.29) is 24.0 Å². The molecule has 1 aromatic heterocycles. The molecule has 0 aliphatic carbocycles. The van der Waals surface area contributed by atoms with Crippen molar-refractivity contribution in [3.63, 3.8) is 0 Å². The fraction of sp³-hybridized carbons (Fsp3) is 0.0909. The van der Waals surface area contributed by atoms with Crippen LogP contribution in [0.3, 0.4) is 0 Å². The number of rotatable bonds is 3. The molecule has 1 heterocycles. The van der Waals surface area contributed by atoms with E-state index in [1.165, 1.54) is 6.33 Å². The molecule has 0 atom stereocenters. The van der Waals surface area contributed by atoms with Crippen LogP contribution in [0.1, 0.15) is 0 Å². The third-order valence-electron chi connectivity index (χ3n) is 2.11. The molecular weight excluding hydrogens is 258 g/mol. The number of benzene rings is 1. The first-order chi connectivity index (χ1) is 8.20. The minimum absolute atomic E-state index is 0. The maximum Gasteiger partial charge on any atom is 0.277 e. The summed E-state index contributed by atoms with van der Waals surface area (Å²) in [4.78, 5) is 17.4. The van der Waals surface area contributed by atoms with Crippen LogP contribution in [-0.4, -0.2) is 17.1 Å². The second-order valence-corrected chi connectivity index (χ2v) is 3.23. The van der Waals surface area contributed by atoms with Crippen LogP contribution in [0.15, 0.2) is 35.4 Å². The van der Waals surface area contributed by atoms with Crippen molar-refractivity contribution in [1.29, 1.82) is 0 Å². The third kappa shape index (κ3) is 2.92. The van der Waals surface area contributed by atoms with E-state index < -0.39 is 5.56 Å². The van der Waals surface area contributed by atoms with E-state index >= 15 is 0 Å². The molecule has 0 saturated heterocycles. The van der Waals surface area contributed by atoms with E-state index in [9.17, 15) is 4.79 Å².